The maximum atomic E-state index is 12.2. The predicted octanol–water partition coefficient (Wildman–Crippen LogP) is 2.10. The minimum Gasteiger partial charge on any atom is -0.496 e. The van der Waals surface area contributed by atoms with Crippen molar-refractivity contribution in [2.75, 3.05) is 19.0 Å². The van der Waals surface area contributed by atoms with E-state index in [1.807, 2.05) is 6.92 Å². The van der Waals surface area contributed by atoms with Gasteiger partial charge in [-0.05, 0) is 42.8 Å². The fourth-order valence-corrected chi connectivity index (χ4v) is 2.96. The molecule has 2 aromatic rings. The van der Waals surface area contributed by atoms with Gasteiger partial charge in [-0.3, -0.25) is 4.79 Å². The summed E-state index contributed by atoms with van der Waals surface area (Å²) in [6.07, 6.45) is 0. The quantitative estimate of drug-likeness (QED) is 0.700. The first-order valence-electron chi connectivity index (χ1n) is 7.56. The molecular formula is C17H17ClN2O6S. The maximum Gasteiger partial charge on any atom is 0.342 e. The molecule has 27 heavy (non-hydrogen) atoms. The second-order valence-electron chi connectivity index (χ2n) is 5.51. The Bertz CT molecular complexity index is 991. The van der Waals surface area contributed by atoms with Crippen molar-refractivity contribution >= 4 is 39.2 Å². The van der Waals surface area contributed by atoms with E-state index < -0.39 is 28.5 Å². The van der Waals surface area contributed by atoms with Crippen LogP contribution in [0.2, 0.25) is 5.02 Å². The van der Waals surface area contributed by atoms with Crippen molar-refractivity contribution in [3.8, 4) is 5.75 Å². The van der Waals surface area contributed by atoms with E-state index >= 15 is 0 Å². The number of methoxy groups -OCH3 is 1. The molecule has 0 aliphatic rings. The fraction of sp³-hybridized carbons (Fsp3) is 0.176. The van der Waals surface area contributed by atoms with E-state index in [1.165, 1.54) is 19.2 Å². The lowest BCUT2D eigenvalue weighted by Crippen LogP contribution is -2.21. The average molecular weight is 413 g/mol. The smallest absolute Gasteiger partial charge is 0.342 e. The molecule has 0 fully saturated rings. The van der Waals surface area contributed by atoms with Crippen molar-refractivity contribution in [1.29, 1.82) is 0 Å². The molecule has 2 aromatic carbocycles. The fourth-order valence-electron chi connectivity index (χ4n) is 2.14. The monoisotopic (exact) mass is 412 g/mol. The molecule has 0 saturated carbocycles. The van der Waals surface area contributed by atoms with Gasteiger partial charge in [0.15, 0.2) is 6.61 Å². The van der Waals surface area contributed by atoms with Crippen LogP contribution in [0, 0.1) is 6.92 Å². The van der Waals surface area contributed by atoms with Gasteiger partial charge in [0.25, 0.3) is 5.91 Å². The number of rotatable bonds is 6. The standard InChI is InChI=1S/C17H17ClN2O6S/c1-10-3-5-14(13(18)7-10)20-16(21)9-26-17(22)12-8-11(27(19,23)24)4-6-15(12)25-2/h3-8H,9H2,1-2H3,(H,20,21)(H2,19,23,24). The summed E-state index contributed by atoms with van der Waals surface area (Å²) in [6, 6.07) is 8.53. The SMILES string of the molecule is COc1ccc(S(N)(=O)=O)cc1C(=O)OCC(=O)Nc1ccc(C)cc1Cl. The van der Waals surface area contributed by atoms with Crippen LogP contribution in [0.25, 0.3) is 0 Å². The minimum absolute atomic E-state index is 0.0781. The molecule has 0 spiro atoms. The van der Waals surface area contributed by atoms with Crippen molar-refractivity contribution in [1.82, 2.24) is 0 Å². The first-order chi connectivity index (χ1) is 12.6. The highest BCUT2D eigenvalue weighted by atomic mass is 35.5. The number of nitrogens with one attached hydrogen (secondary N) is 1. The molecule has 0 unspecified atom stereocenters. The van der Waals surface area contributed by atoms with E-state index in [9.17, 15) is 18.0 Å². The molecule has 0 radical (unpaired) electrons. The largest absolute Gasteiger partial charge is 0.496 e. The summed E-state index contributed by atoms with van der Waals surface area (Å²) < 4.78 is 32.8. The van der Waals surface area contributed by atoms with Crippen LogP contribution in [0.1, 0.15) is 15.9 Å². The van der Waals surface area contributed by atoms with Gasteiger partial charge in [-0.25, -0.2) is 18.4 Å². The molecule has 0 saturated heterocycles. The van der Waals surface area contributed by atoms with Crippen LogP contribution in [0.15, 0.2) is 41.3 Å². The molecule has 0 heterocycles. The normalized spacial score (nSPS) is 11.0. The molecule has 2 rings (SSSR count). The number of benzene rings is 2. The second-order valence-corrected chi connectivity index (χ2v) is 7.48. The Morgan fingerprint density at radius 3 is 2.48 bits per heavy atom. The third-order valence-electron chi connectivity index (χ3n) is 3.45. The van der Waals surface area contributed by atoms with Gasteiger partial charge in [0.2, 0.25) is 10.0 Å². The predicted molar refractivity (Wildman–Crippen MR) is 99.5 cm³/mol. The topological polar surface area (TPSA) is 125 Å². The lowest BCUT2D eigenvalue weighted by molar-refractivity contribution is -0.119. The summed E-state index contributed by atoms with van der Waals surface area (Å²) in [4.78, 5) is 23.9. The molecule has 8 nitrogen and oxygen atoms in total. The van der Waals surface area contributed by atoms with Crippen molar-refractivity contribution < 1.29 is 27.5 Å². The highest BCUT2D eigenvalue weighted by Crippen LogP contribution is 2.24. The number of ether oxygens (including phenoxy) is 2. The molecule has 0 bridgehead atoms. The Kier molecular flexibility index (Phi) is 6.42. The van der Waals surface area contributed by atoms with E-state index in [2.05, 4.69) is 5.32 Å². The highest BCUT2D eigenvalue weighted by Gasteiger charge is 2.19. The van der Waals surface area contributed by atoms with Crippen LogP contribution >= 0.6 is 11.6 Å². The van der Waals surface area contributed by atoms with Crippen molar-refractivity contribution in [2.45, 2.75) is 11.8 Å². The minimum atomic E-state index is -4.02. The Hall–Kier alpha value is -2.62. The number of carbonyl (C=O) groups is 2. The zero-order chi connectivity index (χ0) is 20.2. The van der Waals surface area contributed by atoms with Crippen LogP contribution in [0.4, 0.5) is 5.69 Å². The number of anilines is 1. The van der Waals surface area contributed by atoms with E-state index in [0.717, 1.165) is 11.6 Å². The van der Waals surface area contributed by atoms with Crippen molar-refractivity contribution in [3.05, 3.63) is 52.5 Å². The van der Waals surface area contributed by atoms with E-state index in [1.54, 1.807) is 18.2 Å². The number of sulfonamides is 1. The van der Waals surface area contributed by atoms with Gasteiger partial charge < -0.3 is 14.8 Å². The zero-order valence-corrected chi connectivity index (χ0v) is 16.1. The van der Waals surface area contributed by atoms with Crippen LogP contribution in [0.3, 0.4) is 0 Å². The van der Waals surface area contributed by atoms with E-state index in [0.29, 0.717) is 10.7 Å². The van der Waals surface area contributed by atoms with Crippen molar-refractivity contribution in [2.24, 2.45) is 5.14 Å². The van der Waals surface area contributed by atoms with Crippen LogP contribution in [-0.2, 0) is 19.6 Å². The molecule has 144 valence electrons. The number of hydrogen-bond acceptors (Lipinski definition) is 6. The summed E-state index contributed by atoms with van der Waals surface area (Å²) in [5.41, 5.74) is 1.12. The lowest BCUT2D eigenvalue weighted by Gasteiger charge is -2.11. The van der Waals surface area contributed by atoms with Crippen LogP contribution < -0.4 is 15.2 Å². The summed E-state index contributed by atoms with van der Waals surface area (Å²) in [7, 11) is -2.72. The number of carbonyl (C=O) groups excluding carboxylic acids is 2. The average Bonchev–Trinajstić information content (AvgIpc) is 2.60. The Balaban J connectivity index is 2.09. The van der Waals surface area contributed by atoms with Gasteiger partial charge >= 0.3 is 5.97 Å². The number of esters is 1. The molecular weight excluding hydrogens is 396 g/mol. The summed E-state index contributed by atoms with van der Waals surface area (Å²) in [5, 5.41) is 7.91. The summed E-state index contributed by atoms with van der Waals surface area (Å²) in [5.74, 6) is -1.48. The van der Waals surface area contributed by atoms with Gasteiger partial charge in [0.05, 0.1) is 22.7 Å². The van der Waals surface area contributed by atoms with Gasteiger partial charge in [0.1, 0.15) is 11.3 Å². The van der Waals surface area contributed by atoms with Gasteiger partial charge in [-0.15, -0.1) is 0 Å². The number of aryl methyl sites for hydroxylation is 1. The molecule has 0 aliphatic carbocycles. The summed E-state index contributed by atoms with van der Waals surface area (Å²) in [6.45, 7) is 1.24. The Labute approximate surface area is 161 Å². The number of halogens is 1. The summed E-state index contributed by atoms with van der Waals surface area (Å²) >= 11 is 6.02. The first-order valence-corrected chi connectivity index (χ1v) is 9.48. The molecule has 1 amide bonds. The third-order valence-corrected chi connectivity index (χ3v) is 4.68. The zero-order valence-electron chi connectivity index (χ0n) is 14.5. The number of primary sulfonamides is 1. The van der Waals surface area contributed by atoms with Gasteiger partial charge in [0, 0.05) is 0 Å². The number of nitrogens with two attached hydrogens (primary N) is 1. The van der Waals surface area contributed by atoms with Gasteiger partial charge in [-0.1, -0.05) is 17.7 Å². The second kappa shape index (κ2) is 8.38. The third kappa shape index (κ3) is 5.43. The molecule has 0 aromatic heterocycles. The van der Waals surface area contributed by atoms with E-state index in [4.69, 9.17) is 26.2 Å². The molecule has 0 aliphatic heterocycles. The highest BCUT2D eigenvalue weighted by molar-refractivity contribution is 7.89. The Morgan fingerprint density at radius 1 is 1.19 bits per heavy atom. The van der Waals surface area contributed by atoms with Crippen LogP contribution in [0.5, 0.6) is 5.75 Å². The number of hydrogen-bond donors (Lipinski definition) is 2. The molecule has 3 N–H and O–H groups in total. The van der Waals surface area contributed by atoms with E-state index in [-0.39, 0.29) is 16.2 Å². The molecule has 10 heteroatoms. The molecule has 0 atom stereocenters. The van der Waals surface area contributed by atoms with Crippen LogP contribution in [-0.4, -0.2) is 34.0 Å². The first kappa shape index (κ1) is 20.7. The maximum absolute atomic E-state index is 12.2. The van der Waals surface area contributed by atoms with Gasteiger partial charge in [-0.2, -0.15) is 0 Å². The van der Waals surface area contributed by atoms with Crippen molar-refractivity contribution in [3.63, 3.8) is 0 Å². The number of amides is 1. The lowest BCUT2D eigenvalue weighted by atomic mass is 10.2. The Morgan fingerprint density at radius 2 is 1.89 bits per heavy atom.